The van der Waals surface area contributed by atoms with Gasteiger partial charge in [-0.1, -0.05) is 17.8 Å². The molecule has 10 heteroatoms. The van der Waals surface area contributed by atoms with E-state index in [2.05, 4.69) is 14.9 Å². The third-order valence-electron chi connectivity index (χ3n) is 7.48. The van der Waals surface area contributed by atoms with Crippen LogP contribution in [0.15, 0.2) is 34.3 Å². The van der Waals surface area contributed by atoms with Gasteiger partial charge in [0.05, 0.1) is 18.4 Å². The molecule has 1 aliphatic carbocycles. The van der Waals surface area contributed by atoms with Gasteiger partial charge in [-0.25, -0.2) is 14.4 Å². The van der Waals surface area contributed by atoms with Crippen molar-refractivity contribution in [1.82, 2.24) is 9.97 Å². The molecule has 0 bridgehead atoms. The van der Waals surface area contributed by atoms with Gasteiger partial charge in [-0.2, -0.15) is 0 Å². The van der Waals surface area contributed by atoms with Crippen LogP contribution in [0.25, 0.3) is 0 Å². The zero-order chi connectivity index (χ0) is 24.3. The second-order valence-corrected chi connectivity index (χ2v) is 10.9. The standard InChI is InChI=1S/C24H29FN6O2S/c1-14(32)31-13-23(2,25)20-16(31)4-3-5-17(20)34-22-21(27)29-19(12-28-22)30-8-6-24(7-9-30)11-15(33)10-18(24)26/h3-5,12,18H,6-11,13,26H2,1-2H3,(H2,27,29)/t18-,23?/m0/s1. The number of fused-ring (bicyclic) bond motifs is 1. The Morgan fingerprint density at radius 2 is 2.03 bits per heavy atom. The van der Waals surface area contributed by atoms with Gasteiger partial charge in [-0.05, 0) is 37.3 Å². The molecule has 2 aliphatic heterocycles. The van der Waals surface area contributed by atoms with Crippen LogP contribution in [-0.2, 0) is 15.3 Å². The van der Waals surface area contributed by atoms with Gasteiger partial charge in [0.25, 0.3) is 0 Å². The normalized spacial score (nSPS) is 25.8. The number of aromatic nitrogens is 2. The van der Waals surface area contributed by atoms with Crippen LogP contribution < -0.4 is 21.3 Å². The van der Waals surface area contributed by atoms with E-state index in [4.69, 9.17) is 11.5 Å². The second-order valence-electron chi connectivity index (χ2n) is 9.85. The van der Waals surface area contributed by atoms with Crippen molar-refractivity contribution in [3.8, 4) is 0 Å². The fraction of sp³-hybridized carbons (Fsp3) is 0.500. The molecule has 1 unspecified atom stereocenters. The lowest BCUT2D eigenvalue weighted by Gasteiger charge is -2.41. The predicted octanol–water partition coefficient (Wildman–Crippen LogP) is 3.04. The number of nitrogen functional groups attached to an aromatic ring is 1. The highest BCUT2D eigenvalue weighted by atomic mass is 32.2. The summed E-state index contributed by atoms with van der Waals surface area (Å²) >= 11 is 1.26. The van der Waals surface area contributed by atoms with Crippen molar-refractivity contribution in [2.24, 2.45) is 11.1 Å². The SMILES string of the molecule is CC(=O)N1CC(C)(F)c2c(Sc3ncc(N4CCC5(CC4)CC(=O)C[C@@H]5N)nc3N)cccc21. The minimum absolute atomic E-state index is 0.0129. The highest BCUT2D eigenvalue weighted by Gasteiger charge is 2.47. The number of benzene rings is 1. The van der Waals surface area contributed by atoms with Crippen molar-refractivity contribution in [2.75, 3.05) is 35.2 Å². The molecule has 4 N–H and O–H groups in total. The summed E-state index contributed by atoms with van der Waals surface area (Å²) < 4.78 is 15.5. The molecule has 2 fully saturated rings. The molecular formula is C24H29FN6O2S. The summed E-state index contributed by atoms with van der Waals surface area (Å²) in [5.41, 5.74) is 11.9. The van der Waals surface area contributed by atoms with Crippen LogP contribution in [0.1, 0.15) is 45.1 Å². The molecule has 34 heavy (non-hydrogen) atoms. The minimum Gasteiger partial charge on any atom is -0.381 e. The Balaban J connectivity index is 1.35. The third kappa shape index (κ3) is 3.82. The van der Waals surface area contributed by atoms with Crippen molar-refractivity contribution >= 4 is 40.8 Å². The van der Waals surface area contributed by atoms with Crippen LogP contribution in [0.4, 0.5) is 21.7 Å². The van der Waals surface area contributed by atoms with Crippen LogP contribution in [0.5, 0.6) is 0 Å². The van der Waals surface area contributed by atoms with Crippen LogP contribution in [-0.4, -0.2) is 47.3 Å². The number of Topliss-reactive ketones (excluding diaryl/α,β-unsaturated/α-hetero) is 1. The van der Waals surface area contributed by atoms with E-state index in [0.717, 1.165) is 25.9 Å². The zero-order valence-electron chi connectivity index (χ0n) is 19.4. The number of hydrogen-bond donors (Lipinski definition) is 2. The van der Waals surface area contributed by atoms with Gasteiger partial charge in [0.1, 0.15) is 16.6 Å². The number of ketones is 1. The molecule has 0 radical (unpaired) electrons. The first-order valence-corrected chi connectivity index (χ1v) is 12.3. The Hall–Kier alpha value is -2.72. The van der Waals surface area contributed by atoms with E-state index < -0.39 is 5.67 Å². The van der Waals surface area contributed by atoms with Crippen LogP contribution in [0.3, 0.4) is 0 Å². The van der Waals surface area contributed by atoms with Crippen molar-refractivity contribution < 1.29 is 14.0 Å². The van der Waals surface area contributed by atoms with Gasteiger partial charge in [-0.15, -0.1) is 0 Å². The number of rotatable bonds is 3. The van der Waals surface area contributed by atoms with Crippen LogP contribution >= 0.6 is 11.8 Å². The number of nitrogens with zero attached hydrogens (tertiary/aromatic N) is 4. The first-order chi connectivity index (χ1) is 16.1. The van der Waals surface area contributed by atoms with Crippen molar-refractivity contribution in [2.45, 2.75) is 61.2 Å². The quantitative estimate of drug-likeness (QED) is 0.683. The van der Waals surface area contributed by atoms with Crippen molar-refractivity contribution in [1.29, 1.82) is 0 Å². The molecule has 1 saturated carbocycles. The van der Waals surface area contributed by atoms with E-state index in [1.807, 2.05) is 6.07 Å². The number of carbonyl (C=O) groups is 2. The van der Waals surface area contributed by atoms with Crippen LogP contribution in [0.2, 0.25) is 0 Å². The average Bonchev–Trinajstić information content (AvgIpc) is 3.22. The average molecular weight is 485 g/mol. The van der Waals surface area contributed by atoms with E-state index in [-0.39, 0.29) is 35.5 Å². The fourth-order valence-corrected chi connectivity index (χ4v) is 6.63. The summed E-state index contributed by atoms with van der Waals surface area (Å²) in [5, 5.41) is 0.492. The summed E-state index contributed by atoms with van der Waals surface area (Å²) in [5.74, 6) is 1.02. The number of amides is 1. The number of anilines is 3. The Kier molecular flexibility index (Phi) is 5.55. The van der Waals surface area contributed by atoms with E-state index in [1.54, 1.807) is 18.3 Å². The first kappa shape index (κ1) is 23.0. The zero-order valence-corrected chi connectivity index (χ0v) is 20.2. The highest BCUT2D eigenvalue weighted by molar-refractivity contribution is 7.99. The maximum atomic E-state index is 15.5. The predicted molar refractivity (Wildman–Crippen MR) is 130 cm³/mol. The van der Waals surface area contributed by atoms with Gasteiger partial charge in [0, 0.05) is 49.4 Å². The summed E-state index contributed by atoms with van der Waals surface area (Å²) in [7, 11) is 0. The van der Waals surface area contributed by atoms with Gasteiger partial charge in [-0.3, -0.25) is 9.59 Å². The first-order valence-electron chi connectivity index (χ1n) is 11.5. The summed E-state index contributed by atoms with van der Waals surface area (Å²) in [4.78, 5) is 37.3. The smallest absolute Gasteiger partial charge is 0.223 e. The van der Waals surface area contributed by atoms with E-state index in [1.165, 1.54) is 30.5 Å². The van der Waals surface area contributed by atoms with E-state index >= 15 is 4.39 Å². The number of hydrogen-bond acceptors (Lipinski definition) is 8. The second kappa shape index (κ2) is 8.20. The molecule has 180 valence electrons. The van der Waals surface area contributed by atoms with Gasteiger partial charge in [0.15, 0.2) is 11.5 Å². The number of nitrogens with two attached hydrogens (primary N) is 2. The Morgan fingerprint density at radius 1 is 1.29 bits per heavy atom. The van der Waals surface area contributed by atoms with Gasteiger partial charge < -0.3 is 21.3 Å². The molecule has 1 aromatic heterocycles. The summed E-state index contributed by atoms with van der Waals surface area (Å²) in [6.45, 7) is 4.41. The molecule has 1 aromatic carbocycles. The fourth-order valence-electron chi connectivity index (χ4n) is 5.60. The molecule has 2 aromatic rings. The number of halogens is 1. The Morgan fingerprint density at radius 3 is 2.65 bits per heavy atom. The molecule has 2 atom stereocenters. The number of piperidine rings is 1. The van der Waals surface area contributed by atoms with E-state index in [9.17, 15) is 9.59 Å². The molecule has 1 amide bonds. The third-order valence-corrected chi connectivity index (χ3v) is 8.54. The van der Waals surface area contributed by atoms with Gasteiger partial charge in [0.2, 0.25) is 5.91 Å². The van der Waals surface area contributed by atoms with E-state index in [0.29, 0.717) is 39.8 Å². The molecule has 1 saturated heterocycles. The monoisotopic (exact) mass is 484 g/mol. The highest BCUT2D eigenvalue weighted by Crippen LogP contribution is 2.48. The van der Waals surface area contributed by atoms with Crippen molar-refractivity contribution in [3.63, 3.8) is 0 Å². The maximum absolute atomic E-state index is 15.5. The summed E-state index contributed by atoms with van der Waals surface area (Å²) in [6.07, 6.45) is 4.42. The molecule has 5 rings (SSSR count). The summed E-state index contributed by atoms with van der Waals surface area (Å²) in [6, 6.07) is 5.32. The molecule has 8 nitrogen and oxygen atoms in total. The molecular weight excluding hydrogens is 455 g/mol. The number of alkyl halides is 1. The lowest BCUT2D eigenvalue weighted by atomic mass is 9.74. The molecule has 3 aliphatic rings. The topological polar surface area (TPSA) is 118 Å². The lowest BCUT2D eigenvalue weighted by Crippen LogP contribution is -2.47. The number of carbonyl (C=O) groups excluding carboxylic acids is 2. The minimum atomic E-state index is -1.67. The Bertz CT molecular complexity index is 1160. The van der Waals surface area contributed by atoms with Crippen molar-refractivity contribution in [3.05, 3.63) is 30.0 Å². The Labute approximate surface area is 202 Å². The molecule has 1 spiro atoms. The maximum Gasteiger partial charge on any atom is 0.223 e. The lowest BCUT2D eigenvalue weighted by molar-refractivity contribution is -0.118. The molecule has 3 heterocycles. The van der Waals surface area contributed by atoms with Crippen LogP contribution in [0, 0.1) is 5.41 Å². The van der Waals surface area contributed by atoms with Gasteiger partial charge >= 0.3 is 0 Å². The largest absolute Gasteiger partial charge is 0.381 e.